The van der Waals surface area contributed by atoms with Crippen LogP contribution in [-0.2, 0) is 22.9 Å². The van der Waals surface area contributed by atoms with E-state index >= 15 is 0 Å². The van der Waals surface area contributed by atoms with Gasteiger partial charge in [0, 0.05) is 5.69 Å². The molecule has 1 saturated heterocycles. The predicted octanol–water partition coefficient (Wildman–Crippen LogP) is 0.717. The molecule has 1 fully saturated rings. The number of furan rings is 1. The highest BCUT2D eigenvalue weighted by molar-refractivity contribution is 7.91. The Morgan fingerprint density at radius 3 is 2.79 bits per heavy atom. The second-order valence-corrected chi connectivity index (χ2v) is 9.67. The van der Waals surface area contributed by atoms with E-state index in [1.807, 2.05) is 25.6 Å². The Morgan fingerprint density at radius 1 is 1.29 bits per heavy atom. The molecule has 0 amide bonds. The lowest BCUT2D eigenvalue weighted by atomic mass is 10.1. The van der Waals surface area contributed by atoms with Crippen molar-refractivity contribution in [2.45, 2.75) is 39.4 Å². The van der Waals surface area contributed by atoms with Gasteiger partial charge in [0.15, 0.2) is 22.1 Å². The molecule has 0 radical (unpaired) electrons. The summed E-state index contributed by atoms with van der Waals surface area (Å²) < 4.78 is 36.5. The third kappa shape index (κ3) is 3.74. The first-order valence-corrected chi connectivity index (χ1v) is 11.1. The fourth-order valence-electron chi connectivity index (χ4n) is 3.72. The molecule has 1 unspecified atom stereocenters. The van der Waals surface area contributed by atoms with Crippen molar-refractivity contribution in [1.82, 2.24) is 20.0 Å². The van der Waals surface area contributed by atoms with Gasteiger partial charge in [0.05, 0.1) is 42.1 Å². The fourth-order valence-corrected chi connectivity index (χ4v) is 5.42. The first kappa shape index (κ1) is 18.9. The van der Waals surface area contributed by atoms with Crippen molar-refractivity contribution in [3.63, 3.8) is 0 Å². The van der Waals surface area contributed by atoms with Crippen LogP contribution < -0.4 is 4.90 Å². The van der Waals surface area contributed by atoms with Gasteiger partial charge >= 0.3 is 0 Å². The summed E-state index contributed by atoms with van der Waals surface area (Å²) in [5, 5.41) is 12.8. The number of nitrogens with one attached hydrogen (secondary N) is 1. The molecule has 9 nitrogen and oxygen atoms in total. The zero-order valence-corrected chi connectivity index (χ0v) is 17.0. The van der Waals surface area contributed by atoms with E-state index in [-0.39, 0.29) is 17.5 Å². The maximum absolute atomic E-state index is 11.8. The second kappa shape index (κ2) is 7.17. The standard InChI is InChI=1S/C18H23N5O4S/c1-12-15(13(2)23(21-12)14-6-8-28(24,25)11-14)9-22(3)10-17-19-20-18(27-17)16-5-4-7-26-16/h4-5,7,14H,6,8-11H2,1-3H3/p+1/t14-/m0/s1. The van der Waals surface area contributed by atoms with Crippen LogP contribution in [0.2, 0.25) is 0 Å². The largest absolute Gasteiger partial charge is 0.459 e. The number of rotatable bonds is 6. The summed E-state index contributed by atoms with van der Waals surface area (Å²) in [5.74, 6) is 1.88. The Balaban J connectivity index is 1.45. The van der Waals surface area contributed by atoms with Crippen LogP contribution in [0.3, 0.4) is 0 Å². The Kier molecular flexibility index (Phi) is 4.84. The molecule has 0 aromatic carbocycles. The molecule has 3 aromatic rings. The molecule has 0 bridgehead atoms. The summed E-state index contributed by atoms with van der Waals surface area (Å²) in [4.78, 5) is 1.17. The highest BCUT2D eigenvalue weighted by atomic mass is 32.2. The van der Waals surface area contributed by atoms with Crippen molar-refractivity contribution in [2.75, 3.05) is 18.6 Å². The average molecular weight is 406 g/mol. The second-order valence-electron chi connectivity index (χ2n) is 7.44. The van der Waals surface area contributed by atoms with E-state index in [4.69, 9.17) is 8.83 Å². The van der Waals surface area contributed by atoms with Gasteiger partial charge in [0.25, 0.3) is 11.8 Å². The van der Waals surface area contributed by atoms with Gasteiger partial charge in [-0.05, 0) is 32.4 Å². The molecule has 1 aliphatic rings. The molecule has 1 N–H and O–H groups in total. The molecule has 0 spiro atoms. The first-order valence-electron chi connectivity index (χ1n) is 9.25. The minimum Gasteiger partial charge on any atom is -0.459 e. The van der Waals surface area contributed by atoms with E-state index in [0.29, 0.717) is 30.5 Å². The lowest BCUT2D eigenvalue weighted by Crippen LogP contribution is -3.06. The van der Waals surface area contributed by atoms with Crippen LogP contribution in [0.25, 0.3) is 11.7 Å². The average Bonchev–Trinajstić information content (AvgIpc) is 3.39. The molecule has 10 heteroatoms. The van der Waals surface area contributed by atoms with Gasteiger partial charge in [-0.15, -0.1) is 10.2 Å². The smallest absolute Gasteiger partial charge is 0.283 e. The monoisotopic (exact) mass is 406 g/mol. The van der Waals surface area contributed by atoms with E-state index in [2.05, 4.69) is 15.3 Å². The van der Waals surface area contributed by atoms with E-state index < -0.39 is 9.84 Å². The van der Waals surface area contributed by atoms with Crippen molar-refractivity contribution in [1.29, 1.82) is 0 Å². The molecule has 4 heterocycles. The highest BCUT2D eigenvalue weighted by Gasteiger charge is 2.32. The maximum Gasteiger partial charge on any atom is 0.283 e. The van der Waals surface area contributed by atoms with E-state index in [9.17, 15) is 8.42 Å². The van der Waals surface area contributed by atoms with Gasteiger partial charge in [-0.2, -0.15) is 5.10 Å². The lowest BCUT2D eigenvalue weighted by molar-refractivity contribution is -0.909. The minimum atomic E-state index is -2.95. The number of hydrogen-bond acceptors (Lipinski definition) is 7. The topological polar surface area (TPSA) is 108 Å². The van der Waals surface area contributed by atoms with Crippen molar-refractivity contribution in [2.24, 2.45) is 0 Å². The van der Waals surface area contributed by atoms with Crippen LogP contribution in [-0.4, -0.2) is 46.9 Å². The van der Waals surface area contributed by atoms with E-state index in [0.717, 1.165) is 23.5 Å². The summed E-state index contributed by atoms with van der Waals surface area (Å²) in [5.41, 5.74) is 3.09. The first-order chi connectivity index (χ1) is 13.3. The molecular formula is C18H24N5O4S+. The molecule has 0 aliphatic carbocycles. The van der Waals surface area contributed by atoms with E-state index in [1.54, 1.807) is 18.4 Å². The van der Waals surface area contributed by atoms with Crippen LogP contribution in [0.5, 0.6) is 0 Å². The number of aromatic nitrogens is 4. The van der Waals surface area contributed by atoms with Crippen molar-refractivity contribution in [3.05, 3.63) is 41.2 Å². The third-order valence-corrected chi connectivity index (χ3v) is 6.91. The van der Waals surface area contributed by atoms with Crippen LogP contribution in [0.15, 0.2) is 27.2 Å². The zero-order valence-electron chi connectivity index (χ0n) is 16.2. The number of sulfone groups is 1. The lowest BCUT2D eigenvalue weighted by Gasteiger charge is -2.14. The quantitative estimate of drug-likeness (QED) is 0.642. The van der Waals surface area contributed by atoms with E-state index in [1.165, 1.54) is 4.90 Å². The maximum atomic E-state index is 11.8. The van der Waals surface area contributed by atoms with Crippen molar-refractivity contribution in [3.8, 4) is 11.7 Å². The predicted molar refractivity (Wildman–Crippen MR) is 100 cm³/mol. The Labute approximate surface area is 163 Å². The number of hydrogen-bond donors (Lipinski definition) is 1. The summed E-state index contributed by atoms with van der Waals surface area (Å²) >= 11 is 0. The van der Waals surface area contributed by atoms with Crippen LogP contribution in [0, 0.1) is 13.8 Å². The minimum absolute atomic E-state index is 0.0652. The van der Waals surface area contributed by atoms with Gasteiger partial charge < -0.3 is 13.7 Å². The molecule has 150 valence electrons. The molecule has 2 atom stereocenters. The van der Waals surface area contributed by atoms with Gasteiger partial charge in [-0.1, -0.05) is 0 Å². The van der Waals surface area contributed by atoms with Crippen molar-refractivity contribution < 1.29 is 22.2 Å². The van der Waals surface area contributed by atoms with Crippen LogP contribution in [0.4, 0.5) is 0 Å². The fraction of sp³-hybridized carbons (Fsp3) is 0.500. The molecule has 3 aromatic heterocycles. The molecular weight excluding hydrogens is 382 g/mol. The van der Waals surface area contributed by atoms with Gasteiger partial charge in [-0.3, -0.25) is 4.68 Å². The highest BCUT2D eigenvalue weighted by Crippen LogP contribution is 2.26. The molecule has 4 rings (SSSR count). The number of nitrogens with zero attached hydrogens (tertiary/aromatic N) is 4. The van der Waals surface area contributed by atoms with Gasteiger partial charge in [-0.25, -0.2) is 8.42 Å². The van der Waals surface area contributed by atoms with Crippen LogP contribution >= 0.6 is 0 Å². The van der Waals surface area contributed by atoms with Gasteiger partial charge in [0.1, 0.15) is 6.54 Å². The Hall–Kier alpha value is -2.46. The molecule has 0 saturated carbocycles. The van der Waals surface area contributed by atoms with Crippen LogP contribution in [0.1, 0.15) is 35.3 Å². The molecule has 28 heavy (non-hydrogen) atoms. The summed E-state index contributed by atoms with van der Waals surface area (Å²) in [6.45, 7) is 5.28. The summed E-state index contributed by atoms with van der Waals surface area (Å²) in [6, 6.07) is 3.48. The SMILES string of the molecule is Cc1nn([C@H]2CCS(=O)(=O)C2)c(C)c1C[NH+](C)Cc1nnc(-c2ccco2)o1. The Bertz CT molecular complexity index is 1070. The van der Waals surface area contributed by atoms with Crippen molar-refractivity contribution >= 4 is 9.84 Å². The zero-order chi connectivity index (χ0) is 19.9. The molecule has 1 aliphatic heterocycles. The Morgan fingerprint density at radius 2 is 2.11 bits per heavy atom. The number of aryl methyl sites for hydroxylation is 1. The third-order valence-electron chi connectivity index (χ3n) is 5.16. The van der Waals surface area contributed by atoms with Gasteiger partial charge in [0.2, 0.25) is 0 Å². The number of quaternary nitrogens is 1. The summed E-state index contributed by atoms with van der Waals surface area (Å²) in [6.07, 6.45) is 2.19. The normalized spacial score (nSPS) is 19.9. The summed E-state index contributed by atoms with van der Waals surface area (Å²) in [7, 11) is -0.897.